The van der Waals surface area contributed by atoms with Crippen LogP contribution in [-0.4, -0.2) is 0 Å². The standard InChI is InChI=1S/C13H6Cl4F2/c14-8-2-1-6(3-10(8)16)13(17)7-4-11(18)12(19)5-9(7)15/h1-5,13H. The molecule has 0 saturated heterocycles. The van der Waals surface area contributed by atoms with E-state index in [0.29, 0.717) is 15.6 Å². The minimum Gasteiger partial charge on any atom is -0.204 e. The Balaban J connectivity index is 2.46. The largest absolute Gasteiger partial charge is 0.204 e. The molecule has 0 aliphatic carbocycles. The molecule has 0 bridgehead atoms. The molecule has 0 nitrogen and oxygen atoms in total. The van der Waals surface area contributed by atoms with Gasteiger partial charge in [-0.2, -0.15) is 0 Å². The molecule has 2 rings (SSSR count). The predicted molar refractivity (Wildman–Crippen MR) is 75.5 cm³/mol. The van der Waals surface area contributed by atoms with Crippen LogP contribution >= 0.6 is 46.4 Å². The Hall–Kier alpha value is -0.540. The number of halogens is 6. The van der Waals surface area contributed by atoms with Gasteiger partial charge in [0.15, 0.2) is 11.6 Å². The molecule has 0 spiro atoms. The van der Waals surface area contributed by atoms with E-state index in [1.54, 1.807) is 18.2 Å². The molecule has 2 aromatic carbocycles. The summed E-state index contributed by atoms with van der Waals surface area (Å²) in [6.45, 7) is 0. The number of hydrogen-bond donors (Lipinski definition) is 0. The van der Waals surface area contributed by atoms with Gasteiger partial charge in [-0.25, -0.2) is 8.78 Å². The van der Waals surface area contributed by atoms with Crippen molar-refractivity contribution in [1.82, 2.24) is 0 Å². The highest BCUT2D eigenvalue weighted by Crippen LogP contribution is 2.36. The first-order valence-electron chi connectivity index (χ1n) is 5.13. The van der Waals surface area contributed by atoms with Crippen molar-refractivity contribution < 1.29 is 8.78 Å². The van der Waals surface area contributed by atoms with E-state index in [1.165, 1.54) is 0 Å². The summed E-state index contributed by atoms with van der Waals surface area (Å²) in [4.78, 5) is 0. The van der Waals surface area contributed by atoms with Gasteiger partial charge < -0.3 is 0 Å². The van der Waals surface area contributed by atoms with Crippen LogP contribution in [0.25, 0.3) is 0 Å². The zero-order valence-corrected chi connectivity index (χ0v) is 12.3. The SMILES string of the molecule is Fc1cc(Cl)c(C(Cl)c2ccc(Cl)c(Cl)c2)cc1F. The third kappa shape index (κ3) is 3.14. The van der Waals surface area contributed by atoms with E-state index in [0.717, 1.165) is 12.1 Å². The molecule has 0 aliphatic rings. The summed E-state index contributed by atoms with van der Waals surface area (Å²) in [5.41, 5.74) is 0.851. The van der Waals surface area contributed by atoms with E-state index in [4.69, 9.17) is 46.4 Å². The molecule has 0 fully saturated rings. The topological polar surface area (TPSA) is 0 Å². The second-order valence-corrected chi connectivity index (χ2v) is 5.48. The number of rotatable bonds is 2. The molecule has 2 aromatic rings. The minimum absolute atomic E-state index is 0.0463. The summed E-state index contributed by atoms with van der Waals surface area (Å²) >= 11 is 23.8. The zero-order chi connectivity index (χ0) is 14.2. The van der Waals surface area contributed by atoms with Crippen LogP contribution in [0.3, 0.4) is 0 Å². The second kappa shape index (κ2) is 5.84. The lowest BCUT2D eigenvalue weighted by Gasteiger charge is -2.13. The Morgan fingerprint density at radius 2 is 1.42 bits per heavy atom. The van der Waals surface area contributed by atoms with Crippen LogP contribution in [0.5, 0.6) is 0 Å². The average molecular weight is 342 g/mol. The smallest absolute Gasteiger partial charge is 0.160 e. The van der Waals surface area contributed by atoms with Crippen LogP contribution in [0.15, 0.2) is 30.3 Å². The van der Waals surface area contributed by atoms with Gasteiger partial charge in [-0.1, -0.05) is 40.9 Å². The van der Waals surface area contributed by atoms with E-state index >= 15 is 0 Å². The van der Waals surface area contributed by atoms with Crippen LogP contribution < -0.4 is 0 Å². The number of benzene rings is 2. The molecule has 1 unspecified atom stereocenters. The fraction of sp³-hybridized carbons (Fsp3) is 0.0769. The van der Waals surface area contributed by atoms with E-state index < -0.39 is 17.0 Å². The lowest BCUT2D eigenvalue weighted by molar-refractivity contribution is 0.507. The van der Waals surface area contributed by atoms with Gasteiger partial charge in [0.25, 0.3) is 0 Å². The van der Waals surface area contributed by atoms with Crippen molar-refractivity contribution in [2.45, 2.75) is 5.38 Å². The van der Waals surface area contributed by atoms with Crippen molar-refractivity contribution in [1.29, 1.82) is 0 Å². The van der Waals surface area contributed by atoms with Gasteiger partial charge in [0.1, 0.15) is 0 Å². The highest BCUT2D eigenvalue weighted by Gasteiger charge is 2.18. The van der Waals surface area contributed by atoms with Crippen molar-refractivity contribution in [3.05, 3.63) is 68.2 Å². The van der Waals surface area contributed by atoms with Crippen molar-refractivity contribution in [3.63, 3.8) is 0 Å². The molecule has 1 atom stereocenters. The summed E-state index contributed by atoms with van der Waals surface area (Å²) in [7, 11) is 0. The first kappa shape index (κ1) is 14.9. The highest BCUT2D eigenvalue weighted by molar-refractivity contribution is 6.42. The molecule has 0 heterocycles. The molecule has 0 amide bonds. The molecule has 0 radical (unpaired) electrons. The first-order valence-corrected chi connectivity index (χ1v) is 6.70. The number of alkyl halides is 1. The third-order valence-electron chi connectivity index (χ3n) is 2.55. The van der Waals surface area contributed by atoms with Gasteiger partial charge >= 0.3 is 0 Å². The normalized spacial score (nSPS) is 12.5. The third-order valence-corrected chi connectivity index (χ3v) is 4.10. The van der Waals surface area contributed by atoms with E-state index in [1.807, 2.05) is 0 Å². The van der Waals surface area contributed by atoms with Gasteiger partial charge in [0, 0.05) is 5.02 Å². The molecular formula is C13H6Cl4F2. The highest BCUT2D eigenvalue weighted by atomic mass is 35.5. The quantitative estimate of drug-likeness (QED) is 0.447. The van der Waals surface area contributed by atoms with Gasteiger partial charge in [-0.05, 0) is 35.4 Å². The molecular weight excluding hydrogens is 336 g/mol. The maximum Gasteiger partial charge on any atom is 0.160 e. The van der Waals surface area contributed by atoms with Crippen LogP contribution in [-0.2, 0) is 0 Å². The molecule has 6 heteroatoms. The molecule has 19 heavy (non-hydrogen) atoms. The zero-order valence-electron chi connectivity index (χ0n) is 9.23. The maximum atomic E-state index is 13.2. The average Bonchev–Trinajstić information content (AvgIpc) is 2.36. The lowest BCUT2D eigenvalue weighted by atomic mass is 10.0. The van der Waals surface area contributed by atoms with E-state index in [-0.39, 0.29) is 10.6 Å². The van der Waals surface area contributed by atoms with Crippen LogP contribution in [0.1, 0.15) is 16.5 Å². The van der Waals surface area contributed by atoms with Gasteiger partial charge in [-0.15, -0.1) is 11.6 Å². The summed E-state index contributed by atoms with van der Waals surface area (Å²) in [5, 5.41) is -0.00321. The fourth-order valence-corrected chi connectivity index (χ4v) is 2.52. The fourth-order valence-electron chi connectivity index (χ4n) is 1.58. The van der Waals surface area contributed by atoms with E-state index in [2.05, 4.69) is 0 Å². The lowest BCUT2D eigenvalue weighted by Crippen LogP contribution is -1.97. The first-order chi connectivity index (χ1) is 8.90. The van der Waals surface area contributed by atoms with Gasteiger partial charge in [-0.3, -0.25) is 0 Å². The minimum atomic E-state index is -1.02. The van der Waals surface area contributed by atoms with Crippen LogP contribution in [0, 0.1) is 11.6 Å². The Bertz CT molecular complexity index is 628. The van der Waals surface area contributed by atoms with E-state index in [9.17, 15) is 8.78 Å². The maximum absolute atomic E-state index is 13.2. The summed E-state index contributed by atoms with van der Waals surface area (Å²) in [6.07, 6.45) is 0. The summed E-state index contributed by atoms with van der Waals surface area (Å²) < 4.78 is 26.2. The molecule has 0 aliphatic heterocycles. The molecule has 0 saturated carbocycles. The van der Waals surface area contributed by atoms with Gasteiger partial charge in [0.2, 0.25) is 0 Å². The Morgan fingerprint density at radius 1 is 0.789 bits per heavy atom. The monoisotopic (exact) mass is 340 g/mol. The molecule has 0 N–H and O–H groups in total. The number of hydrogen-bond acceptors (Lipinski definition) is 0. The Morgan fingerprint density at radius 3 is 2.05 bits per heavy atom. The van der Waals surface area contributed by atoms with Crippen molar-refractivity contribution in [2.75, 3.05) is 0 Å². The Labute approximate surface area is 128 Å². The molecule has 100 valence electrons. The van der Waals surface area contributed by atoms with Crippen molar-refractivity contribution in [2.24, 2.45) is 0 Å². The second-order valence-electron chi connectivity index (χ2n) is 3.82. The summed E-state index contributed by atoms with van der Waals surface area (Å²) in [5.74, 6) is -2.03. The van der Waals surface area contributed by atoms with Crippen LogP contribution in [0.2, 0.25) is 15.1 Å². The van der Waals surface area contributed by atoms with Crippen LogP contribution in [0.4, 0.5) is 8.78 Å². The Kier molecular flexibility index (Phi) is 4.57. The predicted octanol–water partition coefficient (Wildman–Crippen LogP) is 6.25. The summed E-state index contributed by atoms with van der Waals surface area (Å²) in [6, 6.07) is 6.63. The van der Waals surface area contributed by atoms with Crippen molar-refractivity contribution in [3.8, 4) is 0 Å². The molecule has 0 aromatic heterocycles. The van der Waals surface area contributed by atoms with Crippen molar-refractivity contribution >= 4 is 46.4 Å². The van der Waals surface area contributed by atoms with Gasteiger partial charge in [0.05, 0.1) is 15.4 Å².